The third kappa shape index (κ3) is 3.75. The Kier molecular flexibility index (Phi) is 4.43. The number of rotatable bonds is 2. The Labute approximate surface area is 118 Å². The lowest BCUT2D eigenvalue weighted by molar-refractivity contribution is 0.102. The lowest BCUT2D eigenvalue weighted by atomic mass is 10.2. The second kappa shape index (κ2) is 6.45. The Morgan fingerprint density at radius 3 is 2.81 bits per heavy atom. The molecule has 0 unspecified atom stereocenters. The maximum atomic E-state index is 13.7. The predicted octanol–water partition coefficient (Wildman–Crippen LogP) is 0.505. The number of amides is 1. The van der Waals surface area contributed by atoms with E-state index >= 15 is 0 Å². The Bertz CT molecular complexity index is 770. The number of benzene rings is 1. The zero-order valence-electron chi connectivity index (χ0n) is 10.7. The average Bonchev–Trinajstić information content (AvgIpc) is 2.47. The van der Waals surface area contributed by atoms with E-state index in [1.807, 2.05) is 0 Å². The van der Waals surface area contributed by atoms with Gasteiger partial charge in [0.15, 0.2) is 0 Å². The standard InChI is InChI=1S/C14H10FN3O3/c15-11-8-10(4-3-9(11)2-1-7-19)16-14(21)12-5-6-13(20)18-17-12/h3-6,8,19H,7H2,(H,16,21)(H,18,20). The van der Waals surface area contributed by atoms with E-state index in [1.54, 1.807) is 0 Å². The molecule has 0 aliphatic carbocycles. The summed E-state index contributed by atoms with van der Waals surface area (Å²) in [6.45, 7) is -0.365. The fourth-order valence-electron chi connectivity index (χ4n) is 1.50. The molecular weight excluding hydrogens is 277 g/mol. The van der Waals surface area contributed by atoms with E-state index in [4.69, 9.17) is 5.11 Å². The molecule has 3 N–H and O–H groups in total. The summed E-state index contributed by atoms with van der Waals surface area (Å²) < 4.78 is 13.7. The molecule has 0 radical (unpaired) electrons. The minimum Gasteiger partial charge on any atom is -0.384 e. The van der Waals surface area contributed by atoms with Crippen LogP contribution in [0.5, 0.6) is 0 Å². The summed E-state index contributed by atoms with van der Waals surface area (Å²) in [6, 6.07) is 6.37. The van der Waals surface area contributed by atoms with Crippen LogP contribution in [0.15, 0.2) is 35.1 Å². The van der Waals surface area contributed by atoms with Crippen molar-refractivity contribution in [2.45, 2.75) is 0 Å². The number of carbonyl (C=O) groups excluding carboxylic acids is 1. The number of aliphatic hydroxyl groups is 1. The predicted molar refractivity (Wildman–Crippen MR) is 73.2 cm³/mol. The smallest absolute Gasteiger partial charge is 0.276 e. The minimum atomic E-state index is -0.622. The zero-order chi connectivity index (χ0) is 15.2. The highest BCUT2D eigenvalue weighted by Gasteiger charge is 2.09. The van der Waals surface area contributed by atoms with E-state index in [0.717, 1.165) is 12.1 Å². The van der Waals surface area contributed by atoms with Gasteiger partial charge < -0.3 is 10.4 Å². The van der Waals surface area contributed by atoms with Crippen LogP contribution in [0.4, 0.5) is 10.1 Å². The zero-order valence-corrected chi connectivity index (χ0v) is 10.7. The van der Waals surface area contributed by atoms with Gasteiger partial charge in [0.25, 0.3) is 11.5 Å². The van der Waals surface area contributed by atoms with E-state index in [-0.39, 0.29) is 23.6 Å². The molecule has 7 heteroatoms. The Hall–Kier alpha value is -2.98. The minimum absolute atomic E-state index is 0.000781. The highest BCUT2D eigenvalue weighted by atomic mass is 19.1. The second-order valence-electron chi connectivity index (χ2n) is 3.92. The second-order valence-corrected chi connectivity index (χ2v) is 3.92. The van der Waals surface area contributed by atoms with Gasteiger partial charge in [0.2, 0.25) is 0 Å². The summed E-state index contributed by atoms with van der Waals surface area (Å²) in [6.07, 6.45) is 0. The van der Waals surface area contributed by atoms with Gasteiger partial charge in [0.05, 0.1) is 5.56 Å². The van der Waals surface area contributed by atoms with Crippen molar-refractivity contribution in [1.29, 1.82) is 0 Å². The van der Waals surface area contributed by atoms with Crippen LogP contribution in [-0.4, -0.2) is 27.8 Å². The van der Waals surface area contributed by atoms with Crippen LogP contribution < -0.4 is 10.9 Å². The van der Waals surface area contributed by atoms with Crippen LogP contribution in [0.2, 0.25) is 0 Å². The van der Waals surface area contributed by atoms with E-state index in [0.29, 0.717) is 0 Å². The highest BCUT2D eigenvalue weighted by Crippen LogP contribution is 2.14. The van der Waals surface area contributed by atoms with Crippen molar-refractivity contribution in [2.24, 2.45) is 0 Å². The molecule has 21 heavy (non-hydrogen) atoms. The van der Waals surface area contributed by atoms with Gasteiger partial charge in [-0.05, 0) is 24.3 Å². The first-order valence-corrected chi connectivity index (χ1v) is 5.86. The van der Waals surface area contributed by atoms with Gasteiger partial charge in [-0.1, -0.05) is 11.8 Å². The van der Waals surface area contributed by atoms with Crippen molar-refractivity contribution in [3.8, 4) is 11.8 Å². The van der Waals surface area contributed by atoms with E-state index in [9.17, 15) is 14.0 Å². The number of hydrogen-bond donors (Lipinski definition) is 3. The monoisotopic (exact) mass is 287 g/mol. The number of H-pyrrole nitrogens is 1. The van der Waals surface area contributed by atoms with Crippen LogP contribution in [0.1, 0.15) is 16.1 Å². The number of aliphatic hydroxyl groups excluding tert-OH is 1. The first-order chi connectivity index (χ1) is 10.1. The Morgan fingerprint density at radius 1 is 1.38 bits per heavy atom. The quantitative estimate of drug-likeness (QED) is 0.701. The van der Waals surface area contributed by atoms with Crippen LogP contribution in [0.3, 0.4) is 0 Å². The average molecular weight is 287 g/mol. The Balaban J connectivity index is 2.16. The first-order valence-electron chi connectivity index (χ1n) is 5.86. The molecule has 0 saturated heterocycles. The van der Waals surface area contributed by atoms with Crippen molar-refractivity contribution in [2.75, 3.05) is 11.9 Å². The molecule has 1 aromatic heterocycles. The van der Waals surface area contributed by atoms with E-state index in [1.165, 1.54) is 18.2 Å². The molecule has 0 spiro atoms. The molecule has 0 saturated carbocycles. The van der Waals surface area contributed by atoms with Crippen LogP contribution in [0.25, 0.3) is 0 Å². The van der Waals surface area contributed by atoms with E-state index < -0.39 is 17.3 Å². The number of anilines is 1. The number of hydrogen-bond acceptors (Lipinski definition) is 4. The lowest BCUT2D eigenvalue weighted by Gasteiger charge is -2.05. The number of halogens is 1. The van der Waals surface area contributed by atoms with Gasteiger partial charge in [0, 0.05) is 11.8 Å². The molecule has 1 aromatic carbocycles. The van der Waals surface area contributed by atoms with Crippen molar-refractivity contribution >= 4 is 11.6 Å². The molecule has 1 amide bonds. The largest absolute Gasteiger partial charge is 0.384 e. The third-order valence-corrected chi connectivity index (χ3v) is 2.44. The summed E-state index contributed by atoms with van der Waals surface area (Å²) in [5.74, 6) is 3.57. The molecule has 2 rings (SSSR count). The van der Waals surface area contributed by atoms with Crippen molar-refractivity contribution in [3.63, 3.8) is 0 Å². The van der Waals surface area contributed by atoms with Gasteiger partial charge in [-0.2, -0.15) is 5.10 Å². The summed E-state index contributed by atoms with van der Waals surface area (Å²) in [5.41, 5.74) is -0.0900. The van der Waals surface area contributed by atoms with Crippen LogP contribution >= 0.6 is 0 Å². The molecule has 0 aliphatic rings. The summed E-state index contributed by atoms with van der Waals surface area (Å²) in [5, 5.41) is 16.7. The maximum absolute atomic E-state index is 13.7. The molecule has 0 bridgehead atoms. The Morgan fingerprint density at radius 2 is 2.19 bits per heavy atom. The SMILES string of the molecule is O=C(Nc1ccc(C#CCO)c(F)c1)c1ccc(=O)[nH]n1. The summed E-state index contributed by atoms with van der Waals surface area (Å²) in [4.78, 5) is 22.7. The number of aromatic amines is 1. The maximum Gasteiger partial charge on any atom is 0.276 e. The fourth-order valence-corrected chi connectivity index (χ4v) is 1.50. The lowest BCUT2D eigenvalue weighted by Crippen LogP contribution is -2.17. The third-order valence-electron chi connectivity index (χ3n) is 2.44. The molecule has 6 nitrogen and oxygen atoms in total. The van der Waals surface area contributed by atoms with Crippen molar-refractivity contribution in [3.05, 3.63) is 57.8 Å². The van der Waals surface area contributed by atoms with Crippen molar-refractivity contribution < 1.29 is 14.3 Å². The van der Waals surface area contributed by atoms with E-state index in [2.05, 4.69) is 27.4 Å². The normalized spacial score (nSPS) is 9.62. The number of aromatic nitrogens is 2. The highest BCUT2D eigenvalue weighted by molar-refractivity contribution is 6.02. The first kappa shape index (κ1) is 14.4. The van der Waals surface area contributed by atoms with Gasteiger partial charge in [-0.15, -0.1) is 0 Å². The molecule has 0 fully saturated rings. The molecule has 106 valence electrons. The number of carbonyl (C=O) groups is 1. The van der Waals surface area contributed by atoms with Gasteiger partial charge in [0.1, 0.15) is 18.1 Å². The molecule has 1 heterocycles. The van der Waals surface area contributed by atoms with Gasteiger partial charge in [-0.3, -0.25) is 9.59 Å². The summed E-state index contributed by atoms with van der Waals surface area (Å²) >= 11 is 0. The van der Waals surface area contributed by atoms with Crippen molar-refractivity contribution in [1.82, 2.24) is 10.2 Å². The number of nitrogens with one attached hydrogen (secondary N) is 2. The van der Waals surface area contributed by atoms with Crippen LogP contribution in [0, 0.1) is 17.7 Å². The van der Waals surface area contributed by atoms with Crippen LogP contribution in [-0.2, 0) is 0 Å². The van der Waals surface area contributed by atoms with Gasteiger partial charge >= 0.3 is 0 Å². The molecule has 0 aliphatic heterocycles. The fraction of sp³-hybridized carbons (Fsp3) is 0.0714. The number of nitrogens with zero attached hydrogens (tertiary/aromatic N) is 1. The molecular formula is C14H10FN3O3. The molecule has 0 atom stereocenters. The summed E-state index contributed by atoms with van der Waals surface area (Å²) in [7, 11) is 0. The van der Waals surface area contributed by atoms with Gasteiger partial charge in [-0.25, -0.2) is 9.49 Å². The topological polar surface area (TPSA) is 95.1 Å². The molecule has 2 aromatic rings.